The molecule has 0 unspecified atom stereocenters. The lowest BCUT2D eigenvalue weighted by atomic mass is 10.0. The van der Waals surface area contributed by atoms with Crippen molar-refractivity contribution in [1.82, 2.24) is 0 Å². The van der Waals surface area contributed by atoms with Crippen LogP contribution in [0.2, 0.25) is 0 Å². The first-order valence-electron chi connectivity index (χ1n) is 9.22. The van der Waals surface area contributed by atoms with E-state index in [-0.39, 0.29) is 6.42 Å². The van der Waals surface area contributed by atoms with E-state index in [4.69, 9.17) is 0 Å². The molecule has 3 aromatic rings. The molecule has 0 spiro atoms. The van der Waals surface area contributed by atoms with Crippen molar-refractivity contribution in [2.45, 2.75) is 37.8 Å². The number of sulfonamides is 1. The molecule has 4 rings (SSSR count). The maximum Gasteiger partial charge on any atom is 0.307 e. The Hall–Kier alpha value is -2.64. The third-order valence-electron chi connectivity index (χ3n) is 5.28. The number of carboxylic acid groups (broad SMARTS) is 1. The lowest BCUT2D eigenvalue weighted by Crippen LogP contribution is -2.12. The van der Waals surface area contributed by atoms with Gasteiger partial charge in [-0.05, 0) is 73.0 Å². The van der Waals surface area contributed by atoms with Gasteiger partial charge in [-0.25, -0.2) is 8.42 Å². The van der Waals surface area contributed by atoms with Crippen LogP contribution in [0.25, 0.3) is 15.7 Å². The SMILES string of the molecule is CC1=C(CC(=O)O)c2cc(NS(=O)(=O)c3sc4ccc(C)cc4c3C)ccc2C1. The summed E-state index contributed by atoms with van der Waals surface area (Å²) in [5.41, 5.74) is 5.88. The van der Waals surface area contributed by atoms with E-state index in [9.17, 15) is 18.3 Å². The summed E-state index contributed by atoms with van der Waals surface area (Å²) >= 11 is 1.26. The predicted octanol–water partition coefficient (Wildman–Crippen LogP) is 5.12. The number of aryl methyl sites for hydroxylation is 2. The quantitative estimate of drug-likeness (QED) is 0.592. The molecule has 1 aliphatic carbocycles. The van der Waals surface area contributed by atoms with Crippen molar-refractivity contribution in [3.05, 3.63) is 64.2 Å². The minimum atomic E-state index is -3.75. The van der Waals surface area contributed by atoms with E-state index in [1.54, 1.807) is 12.1 Å². The van der Waals surface area contributed by atoms with Crippen molar-refractivity contribution < 1.29 is 18.3 Å². The zero-order chi connectivity index (χ0) is 20.9. The number of nitrogens with one attached hydrogen (secondary N) is 1. The van der Waals surface area contributed by atoms with Crippen LogP contribution in [0.3, 0.4) is 0 Å². The van der Waals surface area contributed by atoms with Gasteiger partial charge < -0.3 is 5.11 Å². The number of thiophene rings is 1. The van der Waals surface area contributed by atoms with E-state index in [1.165, 1.54) is 11.3 Å². The Bertz CT molecular complexity index is 1300. The molecule has 1 aliphatic rings. The van der Waals surface area contributed by atoms with Gasteiger partial charge in [0.2, 0.25) is 0 Å². The summed E-state index contributed by atoms with van der Waals surface area (Å²) in [7, 11) is -3.75. The Morgan fingerprint density at radius 2 is 1.90 bits per heavy atom. The number of aliphatic carboxylic acids is 1. The molecule has 2 N–H and O–H groups in total. The summed E-state index contributed by atoms with van der Waals surface area (Å²) in [5, 5.41) is 10.1. The van der Waals surface area contributed by atoms with Gasteiger partial charge in [-0.3, -0.25) is 9.52 Å². The normalized spacial score (nSPS) is 13.8. The second kappa shape index (κ2) is 7.00. The minimum absolute atomic E-state index is 0.0657. The van der Waals surface area contributed by atoms with Crippen LogP contribution in [0.15, 0.2) is 46.2 Å². The van der Waals surface area contributed by atoms with Crippen LogP contribution in [0, 0.1) is 13.8 Å². The topological polar surface area (TPSA) is 83.5 Å². The fourth-order valence-electron chi connectivity index (χ4n) is 3.86. The highest BCUT2D eigenvalue weighted by atomic mass is 32.2. The standard InChI is InChI=1S/C22H21NO4S2/c1-12-4-7-20-18(8-12)14(3)22(28-20)29(26,27)23-16-6-5-15-9-13(2)17(11-21(24)25)19(15)10-16/h4-8,10,23H,9,11H2,1-3H3,(H,24,25). The molecular weight excluding hydrogens is 406 g/mol. The van der Waals surface area contributed by atoms with E-state index in [0.717, 1.165) is 43.5 Å². The van der Waals surface area contributed by atoms with Crippen molar-refractivity contribution in [2.75, 3.05) is 4.72 Å². The van der Waals surface area contributed by atoms with Gasteiger partial charge in [0.05, 0.1) is 6.42 Å². The summed E-state index contributed by atoms with van der Waals surface area (Å²) in [5.74, 6) is -0.894. The Kier molecular flexibility index (Phi) is 4.75. The third kappa shape index (κ3) is 3.56. The molecule has 1 aromatic heterocycles. The third-order valence-corrected chi connectivity index (χ3v) is 8.55. The first-order chi connectivity index (χ1) is 13.7. The maximum atomic E-state index is 13.1. The molecule has 1 heterocycles. The monoisotopic (exact) mass is 427 g/mol. The Morgan fingerprint density at radius 3 is 2.62 bits per heavy atom. The van der Waals surface area contributed by atoms with Crippen LogP contribution in [-0.2, 0) is 21.2 Å². The smallest absolute Gasteiger partial charge is 0.307 e. The molecule has 0 saturated heterocycles. The molecular formula is C22H21NO4S2. The lowest BCUT2D eigenvalue weighted by Gasteiger charge is -2.11. The summed E-state index contributed by atoms with van der Waals surface area (Å²) in [4.78, 5) is 11.2. The number of benzene rings is 2. The van der Waals surface area contributed by atoms with E-state index in [2.05, 4.69) is 4.72 Å². The number of fused-ring (bicyclic) bond motifs is 2. The van der Waals surface area contributed by atoms with Crippen LogP contribution in [-0.4, -0.2) is 19.5 Å². The van der Waals surface area contributed by atoms with Crippen molar-refractivity contribution >= 4 is 48.7 Å². The number of carboxylic acids is 1. The van der Waals surface area contributed by atoms with Gasteiger partial charge in [0.1, 0.15) is 4.21 Å². The van der Waals surface area contributed by atoms with Gasteiger partial charge in [-0.2, -0.15) is 0 Å². The van der Waals surface area contributed by atoms with Crippen LogP contribution in [0.1, 0.15) is 35.6 Å². The van der Waals surface area contributed by atoms with Crippen LogP contribution >= 0.6 is 11.3 Å². The van der Waals surface area contributed by atoms with Gasteiger partial charge in [0, 0.05) is 10.4 Å². The van der Waals surface area contributed by atoms with Gasteiger partial charge >= 0.3 is 5.97 Å². The molecule has 0 amide bonds. The molecule has 0 saturated carbocycles. The van der Waals surface area contributed by atoms with Gasteiger partial charge in [0.15, 0.2) is 0 Å². The lowest BCUT2D eigenvalue weighted by molar-refractivity contribution is -0.135. The second-order valence-corrected chi connectivity index (χ2v) is 10.4. The second-order valence-electron chi connectivity index (χ2n) is 7.50. The average Bonchev–Trinajstić information content (AvgIpc) is 3.12. The Balaban J connectivity index is 1.71. The minimum Gasteiger partial charge on any atom is -0.481 e. The first kappa shape index (κ1) is 19.7. The van der Waals surface area contributed by atoms with E-state index < -0.39 is 16.0 Å². The number of carbonyl (C=O) groups is 1. The molecule has 5 nitrogen and oxygen atoms in total. The zero-order valence-electron chi connectivity index (χ0n) is 16.4. The van der Waals surface area contributed by atoms with E-state index >= 15 is 0 Å². The van der Waals surface area contributed by atoms with Crippen LogP contribution < -0.4 is 4.72 Å². The fraction of sp³-hybridized carbons (Fsp3) is 0.227. The summed E-state index contributed by atoms with van der Waals surface area (Å²) in [6, 6.07) is 11.3. The molecule has 7 heteroatoms. The van der Waals surface area contributed by atoms with Gasteiger partial charge in [0.25, 0.3) is 10.0 Å². The molecule has 0 aliphatic heterocycles. The number of rotatable bonds is 5. The first-order valence-corrected chi connectivity index (χ1v) is 11.5. The number of hydrogen-bond donors (Lipinski definition) is 2. The largest absolute Gasteiger partial charge is 0.481 e. The number of anilines is 1. The molecule has 29 heavy (non-hydrogen) atoms. The summed E-state index contributed by atoms with van der Waals surface area (Å²) in [6.45, 7) is 5.73. The van der Waals surface area contributed by atoms with E-state index in [0.29, 0.717) is 16.3 Å². The van der Waals surface area contributed by atoms with Gasteiger partial charge in [-0.15, -0.1) is 11.3 Å². The summed E-state index contributed by atoms with van der Waals surface area (Å²) < 4.78 is 30.1. The van der Waals surface area contributed by atoms with Crippen LogP contribution in [0.5, 0.6) is 0 Å². The molecule has 150 valence electrons. The maximum absolute atomic E-state index is 13.1. The van der Waals surface area contributed by atoms with Gasteiger partial charge in [-0.1, -0.05) is 29.3 Å². The Morgan fingerprint density at radius 1 is 1.14 bits per heavy atom. The molecule has 0 atom stereocenters. The Labute approximate surface area is 173 Å². The molecule has 0 radical (unpaired) electrons. The predicted molar refractivity (Wildman–Crippen MR) is 117 cm³/mol. The van der Waals surface area contributed by atoms with Crippen molar-refractivity contribution in [1.29, 1.82) is 0 Å². The molecule has 2 aromatic carbocycles. The number of hydrogen-bond acceptors (Lipinski definition) is 4. The highest BCUT2D eigenvalue weighted by Crippen LogP contribution is 2.38. The van der Waals surface area contributed by atoms with E-state index in [1.807, 2.05) is 45.0 Å². The van der Waals surface area contributed by atoms with Crippen molar-refractivity contribution in [3.8, 4) is 0 Å². The van der Waals surface area contributed by atoms with Crippen molar-refractivity contribution in [3.63, 3.8) is 0 Å². The summed E-state index contributed by atoms with van der Waals surface area (Å²) in [6.07, 6.45) is 0.629. The fourth-order valence-corrected chi connectivity index (χ4v) is 6.66. The molecule has 0 fully saturated rings. The highest BCUT2D eigenvalue weighted by Gasteiger charge is 2.24. The zero-order valence-corrected chi connectivity index (χ0v) is 18.0. The van der Waals surface area contributed by atoms with Crippen molar-refractivity contribution in [2.24, 2.45) is 0 Å². The van der Waals surface area contributed by atoms with Crippen LogP contribution in [0.4, 0.5) is 5.69 Å². The number of allylic oxidation sites excluding steroid dienone is 1. The molecule has 0 bridgehead atoms. The highest BCUT2D eigenvalue weighted by molar-refractivity contribution is 7.94. The average molecular weight is 428 g/mol.